The average Bonchev–Trinajstić information content (AvgIpc) is 2.38. The van der Waals surface area contributed by atoms with Crippen molar-refractivity contribution in [3.63, 3.8) is 0 Å². The summed E-state index contributed by atoms with van der Waals surface area (Å²) in [5.74, 6) is 0. The third-order valence-electron chi connectivity index (χ3n) is 2.79. The zero-order valence-electron chi connectivity index (χ0n) is 10.7. The molecule has 6 heteroatoms. The maximum atomic E-state index is 11.8. The Hall–Kier alpha value is -0.790. The molecule has 0 radical (unpaired) electrons. The monoisotopic (exact) mass is 421 g/mol. The molecule has 0 spiro atoms. The third-order valence-corrected chi connectivity index (χ3v) is 5.04. The fourth-order valence-corrected chi connectivity index (χ4v) is 3.43. The zero-order valence-corrected chi connectivity index (χ0v) is 14.5. The van der Waals surface area contributed by atoms with Crippen LogP contribution in [0.15, 0.2) is 47.4 Å². The van der Waals surface area contributed by atoms with E-state index in [9.17, 15) is 8.42 Å². The third kappa shape index (κ3) is 3.86. The lowest BCUT2D eigenvalue weighted by molar-refractivity contribution is 0.601. The molecule has 20 heavy (non-hydrogen) atoms. The molecule has 0 saturated carbocycles. The van der Waals surface area contributed by atoms with Gasteiger partial charge in [-0.2, -0.15) is 0 Å². The summed E-state index contributed by atoms with van der Waals surface area (Å²) in [6.45, 7) is 0.364. The molecule has 0 unspecified atom stereocenters. The molecule has 0 aliphatic rings. The number of benzene rings is 2. The molecule has 0 atom stereocenters. The summed E-state index contributed by atoms with van der Waals surface area (Å²) in [5, 5.41) is 3.64. The highest BCUT2D eigenvalue weighted by Crippen LogP contribution is 2.25. The lowest BCUT2D eigenvalue weighted by Gasteiger charge is -2.12. The molecule has 2 rings (SSSR count). The molecule has 2 aromatic rings. The van der Waals surface area contributed by atoms with Crippen molar-refractivity contribution >= 4 is 49.7 Å². The van der Waals surface area contributed by atoms with Gasteiger partial charge >= 0.3 is 0 Å². The molecule has 3 nitrogen and oxygen atoms in total. The highest BCUT2D eigenvalue weighted by molar-refractivity contribution is 14.1. The van der Waals surface area contributed by atoms with E-state index in [4.69, 9.17) is 11.6 Å². The van der Waals surface area contributed by atoms with Crippen LogP contribution in [-0.4, -0.2) is 14.7 Å². The van der Waals surface area contributed by atoms with Gasteiger partial charge in [0.1, 0.15) is 0 Å². The standard InChI is InChI=1S/C14H13ClINO2S/c1-20(18,19)14-4-2-3-13(15)12(14)9-17-11-7-5-10(16)6-8-11/h2-8,17H,9H2,1H3. The van der Waals surface area contributed by atoms with Crippen molar-refractivity contribution in [3.05, 3.63) is 56.6 Å². The van der Waals surface area contributed by atoms with Gasteiger partial charge in [-0.3, -0.25) is 0 Å². The topological polar surface area (TPSA) is 46.2 Å². The van der Waals surface area contributed by atoms with Gasteiger partial charge in [0.2, 0.25) is 0 Å². The number of rotatable bonds is 4. The highest BCUT2D eigenvalue weighted by atomic mass is 127. The van der Waals surface area contributed by atoms with E-state index in [0.29, 0.717) is 17.1 Å². The van der Waals surface area contributed by atoms with Gasteiger partial charge in [-0.1, -0.05) is 17.7 Å². The summed E-state index contributed by atoms with van der Waals surface area (Å²) in [4.78, 5) is 0.267. The number of halogens is 2. The van der Waals surface area contributed by atoms with Gasteiger partial charge < -0.3 is 5.32 Å². The molecule has 0 aliphatic carbocycles. The van der Waals surface area contributed by atoms with Crippen molar-refractivity contribution in [2.45, 2.75) is 11.4 Å². The van der Waals surface area contributed by atoms with E-state index < -0.39 is 9.84 Å². The second-order valence-corrected chi connectivity index (χ2v) is 7.99. The molecular weight excluding hydrogens is 409 g/mol. The van der Waals surface area contributed by atoms with Gasteiger partial charge in [-0.05, 0) is 59.0 Å². The smallest absolute Gasteiger partial charge is 0.175 e. The Morgan fingerprint density at radius 1 is 1.15 bits per heavy atom. The van der Waals surface area contributed by atoms with Crippen molar-refractivity contribution in [2.75, 3.05) is 11.6 Å². The zero-order chi connectivity index (χ0) is 14.8. The molecule has 0 saturated heterocycles. The summed E-state index contributed by atoms with van der Waals surface area (Å²) in [7, 11) is -3.29. The van der Waals surface area contributed by atoms with Crippen LogP contribution in [0.4, 0.5) is 5.69 Å². The number of anilines is 1. The van der Waals surface area contributed by atoms with Gasteiger partial charge in [-0.15, -0.1) is 0 Å². The van der Waals surface area contributed by atoms with E-state index in [1.54, 1.807) is 18.2 Å². The fraction of sp³-hybridized carbons (Fsp3) is 0.143. The summed E-state index contributed by atoms with van der Waals surface area (Å²) in [6.07, 6.45) is 1.19. The number of hydrogen-bond acceptors (Lipinski definition) is 3. The molecule has 0 fully saturated rings. The van der Waals surface area contributed by atoms with Gasteiger partial charge in [0.15, 0.2) is 9.84 Å². The van der Waals surface area contributed by atoms with E-state index in [2.05, 4.69) is 27.9 Å². The Kier molecular flexibility index (Phi) is 4.93. The van der Waals surface area contributed by atoms with E-state index in [1.165, 1.54) is 6.26 Å². The quantitative estimate of drug-likeness (QED) is 0.760. The molecule has 0 aliphatic heterocycles. The van der Waals surface area contributed by atoms with Crippen LogP contribution >= 0.6 is 34.2 Å². The molecule has 1 N–H and O–H groups in total. The first kappa shape index (κ1) is 15.6. The lowest BCUT2D eigenvalue weighted by Crippen LogP contribution is -2.07. The van der Waals surface area contributed by atoms with Crippen LogP contribution in [0.3, 0.4) is 0 Å². The Labute approximate surface area is 137 Å². The first-order valence-electron chi connectivity index (χ1n) is 5.85. The van der Waals surface area contributed by atoms with Crippen LogP contribution in [0.2, 0.25) is 5.02 Å². The van der Waals surface area contributed by atoms with Gasteiger partial charge in [-0.25, -0.2) is 8.42 Å². The molecule has 106 valence electrons. The van der Waals surface area contributed by atoms with Crippen LogP contribution in [0.25, 0.3) is 0 Å². The van der Waals surface area contributed by atoms with Gasteiger partial charge in [0, 0.05) is 32.6 Å². The van der Waals surface area contributed by atoms with Crippen LogP contribution < -0.4 is 5.32 Å². The fourth-order valence-electron chi connectivity index (χ4n) is 1.82. The number of hydrogen-bond donors (Lipinski definition) is 1. The Bertz CT molecular complexity index is 714. The van der Waals surface area contributed by atoms with E-state index in [-0.39, 0.29) is 4.90 Å². The maximum absolute atomic E-state index is 11.8. The number of sulfone groups is 1. The second-order valence-electron chi connectivity index (χ2n) is 4.35. The van der Waals surface area contributed by atoms with Gasteiger partial charge in [0.05, 0.1) is 4.90 Å². The molecular formula is C14H13ClINO2S. The first-order valence-corrected chi connectivity index (χ1v) is 9.19. The van der Waals surface area contributed by atoms with Crippen molar-refractivity contribution in [2.24, 2.45) is 0 Å². The molecule has 0 aromatic heterocycles. The molecule has 0 amide bonds. The van der Waals surface area contributed by atoms with Crippen molar-refractivity contribution in [1.82, 2.24) is 0 Å². The van der Waals surface area contributed by atoms with Gasteiger partial charge in [0.25, 0.3) is 0 Å². The van der Waals surface area contributed by atoms with Crippen LogP contribution in [-0.2, 0) is 16.4 Å². The molecule has 2 aromatic carbocycles. The van der Waals surface area contributed by atoms with E-state index in [0.717, 1.165) is 9.26 Å². The Morgan fingerprint density at radius 2 is 1.80 bits per heavy atom. The van der Waals surface area contributed by atoms with E-state index >= 15 is 0 Å². The van der Waals surface area contributed by atoms with Crippen molar-refractivity contribution < 1.29 is 8.42 Å². The minimum Gasteiger partial charge on any atom is -0.381 e. The predicted molar refractivity (Wildman–Crippen MR) is 91.0 cm³/mol. The summed E-state index contributed by atoms with van der Waals surface area (Å²) in [5.41, 5.74) is 1.51. The Balaban J connectivity index is 2.27. The average molecular weight is 422 g/mol. The first-order chi connectivity index (χ1) is 9.38. The maximum Gasteiger partial charge on any atom is 0.175 e. The summed E-state index contributed by atoms with van der Waals surface area (Å²) >= 11 is 8.35. The summed E-state index contributed by atoms with van der Waals surface area (Å²) < 4.78 is 24.7. The normalized spacial score (nSPS) is 11.3. The summed E-state index contributed by atoms with van der Waals surface area (Å²) in [6, 6.07) is 12.8. The number of nitrogens with one attached hydrogen (secondary N) is 1. The SMILES string of the molecule is CS(=O)(=O)c1cccc(Cl)c1CNc1ccc(I)cc1. The van der Waals surface area contributed by atoms with Crippen LogP contribution in [0, 0.1) is 3.57 Å². The van der Waals surface area contributed by atoms with Crippen molar-refractivity contribution in [3.8, 4) is 0 Å². The van der Waals surface area contributed by atoms with E-state index in [1.807, 2.05) is 24.3 Å². The van der Waals surface area contributed by atoms with Crippen molar-refractivity contribution in [1.29, 1.82) is 0 Å². The molecule has 0 heterocycles. The minimum atomic E-state index is -3.29. The van der Waals surface area contributed by atoms with Crippen LogP contribution in [0.5, 0.6) is 0 Å². The Morgan fingerprint density at radius 3 is 2.40 bits per heavy atom. The highest BCUT2D eigenvalue weighted by Gasteiger charge is 2.15. The predicted octanol–water partition coefficient (Wildman–Crippen LogP) is 3.96. The minimum absolute atomic E-state index is 0.267. The second kappa shape index (κ2) is 6.32. The van der Waals surface area contributed by atoms with Crippen LogP contribution in [0.1, 0.15) is 5.56 Å². The largest absolute Gasteiger partial charge is 0.381 e. The lowest BCUT2D eigenvalue weighted by atomic mass is 10.2. The molecule has 0 bridgehead atoms.